The van der Waals surface area contributed by atoms with Gasteiger partial charge in [-0.15, -0.1) is 0 Å². The van der Waals surface area contributed by atoms with Crippen LogP contribution in [0.2, 0.25) is 0 Å². The van der Waals surface area contributed by atoms with Gasteiger partial charge in [-0.25, -0.2) is 9.37 Å². The third-order valence-corrected chi connectivity index (χ3v) is 3.74. The standard InChI is InChI=1S/C14H16FN3/c1-14(5-2-6-17-14)11-3-4-13(12(15)9-11)18-8-7-16-10-18/h3-4,7-10,17H,2,5-6H2,1H3. The van der Waals surface area contributed by atoms with E-state index in [1.807, 2.05) is 12.1 Å². The molecule has 0 amide bonds. The molecule has 1 fully saturated rings. The summed E-state index contributed by atoms with van der Waals surface area (Å²) in [6.45, 7) is 3.13. The van der Waals surface area contributed by atoms with E-state index in [0.29, 0.717) is 5.69 Å². The van der Waals surface area contributed by atoms with E-state index in [0.717, 1.165) is 24.9 Å². The Morgan fingerprint density at radius 1 is 1.44 bits per heavy atom. The second-order valence-electron chi connectivity index (χ2n) is 5.00. The van der Waals surface area contributed by atoms with E-state index in [9.17, 15) is 4.39 Å². The van der Waals surface area contributed by atoms with E-state index in [2.05, 4.69) is 17.2 Å². The van der Waals surface area contributed by atoms with Crippen molar-refractivity contribution in [2.75, 3.05) is 6.54 Å². The molecule has 1 atom stereocenters. The Morgan fingerprint density at radius 3 is 2.94 bits per heavy atom. The molecule has 0 spiro atoms. The van der Waals surface area contributed by atoms with Gasteiger partial charge >= 0.3 is 0 Å². The summed E-state index contributed by atoms with van der Waals surface area (Å²) in [7, 11) is 0. The zero-order valence-electron chi connectivity index (χ0n) is 10.4. The van der Waals surface area contributed by atoms with Gasteiger partial charge in [0.15, 0.2) is 0 Å². The summed E-state index contributed by atoms with van der Waals surface area (Å²) in [5.41, 5.74) is 1.47. The van der Waals surface area contributed by atoms with Crippen molar-refractivity contribution in [3.63, 3.8) is 0 Å². The third-order valence-electron chi connectivity index (χ3n) is 3.74. The predicted molar refractivity (Wildman–Crippen MR) is 68.1 cm³/mol. The number of aromatic nitrogens is 2. The molecule has 3 nitrogen and oxygen atoms in total. The monoisotopic (exact) mass is 245 g/mol. The maximum absolute atomic E-state index is 14.2. The Morgan fingerprint density at radius 2 is 2.33 bits per heavy atom. The average Bonchev–Trinajstić information content (AvgIpc) is 3.00. The molecule has 2 heterocycles. The summed E-state index contributed by atoms with van der Waals surface area (Å²) < 4.78 is 15.8. The Hall–Kier alpha value is -1.68. The van der Waals surface area contributed by atoms with Crippen LogP contribution in [0.4, 0.5) is 4.39 Å². The van der Waals surface area contributed by atoms with Crippen LogP contribution in [0.15, 0.2) is 36.9 Å². The number of imidazole rings is 1. The minimum Gasteiger partial charge on any atom is -0.308 e. The van der Waals surface area contributed by atoms with Crippen LogP contribution in [0.1, 0.15) is 25.3 Å². The molecule has 1 aliphatic rings. The lowest BCUT2D eigenvalue weighted by Crippen LogP contribution is -2.33. The van der Waals surface area contributed by atoms with Crippen molar-refractivity contribution in [3.05, 3.63) is 48.3 Å². The molecule has 3 rings (SSSR count). The number of nitrogens with one attached hydrogen (secondary N) is 1. The number of hydrogen-bond acceptors (Lipinski definition) is 2. The molecule has 94 valence electrons. The zero-order chi connectivity index (χ0) is 12.6. The van der Waals surface area contributed by atoms with Gasteiger partial charge in [0.2, 0.25) is 0 Å². The fourth-order valence-electron chi connectivity index (χ4n) is 2.60. The molecule has 0 aliphatic carbocycles. The summed E-state index contributed by atoms with van der Waals surface area (Å²) in [4.78, 5) is 3.94. The van der Waals surface area contributed by atoms with Crippen LogP contribution >= 0.6 is 0 Å². The molecule has 1 aliphatic heterocycles. The van der Waals surface area contributed by atoms with Gasteiger partial charge < -0.3 is 9.88 Å². The van der Waals surface area contributed by atoms with Gasteiger partial charge in [0.05, 0.1) is 12.0 Å². The quantitative estimate of drug-likeness (QED) is 0.881. The smallest absolute Gasteiger partial charge is 0.147 e. The zero-order valence-corrected chi connectivity index (χ0v) is 10.4. The van der Waals surface area contributed by atoms with Crippen LogP contribution in [0.3, 0.4) is 0 Å². The van der Waals surface area contributed by atoms with Crippen molar-refractivity contribution in [3.8, 4) is 5.69 Å². The third kappa shape index (κ3) is 1.82. The molecule has 1 aromatic heterocycles. The van der Waals surface area contributed by atoms with Crippen LogP contribution in [0.25, 0.3) is 5.69 Å². The molecule has 0 radical (unpaired) electrons. The van der Waals surface area contributed by atoms with Crippen molar-refractivity contribution < 1.29 is 4.39 Å². The van der Waals surface area contributed by atoms with Gasteiger partial charge in [-0.2, -0.15) is 0 Å². The largest absolute Gasteiger partial charge is 0.308 e. The van der Waals surface area contributed by atoms with E-state index >= 15 is 0 Å². The molecule has 18 heavy (non-hydrogen) atoms. The molecule has 1 unspecified atom stereocenters. The van der Waals surface area contributed by atoms with Gasteiger partial charge in [0, 0.05) is 17.9 Å². The van der Waals surface area contributed by atoms with Crippen LogP contribution < -0.4 is 5.32 Å². The predicted octanol–water partition coefficient (Wildman–Crippen LogP) is 2.61. The molecule has 4 heteroatoms. The van der Waals surface area contributed by atoms with Crippen LogP contribution in [-0.4, -0.2) is 16.1 Å². The SMILES string of the molecule is CC1(c2ccc(-n3ccnc3)c(F)c2)CCCN1. The first-order chi connectivity index (χ1) is 8.69. The molecule has 1 N–H and O–H groups in total. The number of hydrogen-bond donors (Lipinski definition) is 1. The fourth-order valence-corrected chi connectivity index (χ4v) is 2.60. The Labute approximate surface area is 106 Å². The van der Waals surface area contributed by atoms with Crippen LogP contribution in [0, 0.1) is 5.82 Å². The van der Waals surface area contributed by atoms with E-state index in [1.54, 1.807) is 29.4 Å². The average molecular weight is 245 g/mol. The molecular weight excluding hydrogens is 229 g/mol. The lowest BCUT2D eigenvalue weighted by Gasteiger charge is -2.25. The van der Waals surface area contributed by atoms with Crippen molar-refractivity contribution in [1.29, 1.82) is 0 Å². The highest BCUT2D eigenvalue weighted by atomic mass is 19.1. The van der Waals surface area contributed by atoms with Crippen molar-refractivity contribution in [1.82, 2.24) is 14.9 Å². The second kappa shape index (κ2) is 4.21. The number of rotatable bonds is 2. The van der Waals surface area contributed by atoms with Crippen molar-refractivity contribution in [2.45, 2.75) is 25.3 Å². The number of nitrogens with zero attached hydrogens (tertiary/aromatic N) is 2. The highest BCUT2D eigenvalue weighted by molar-refractivity contribution is 5.39. The summed E-state index contributed by atoms with van der Waals surface area (Å²) in [5.74, 6) is -0.208. The molecule has 0 bridgehead atoms. The fraction of sp³-hybridized carbons (Fsp3) is 0.357. The van der Waals surface area contributed by atoms with Gasteiger partial charge in [-0.05, 0) is 44.0 Å². The molecule has 1 saturated heterocycles. The topological polar surface area (TPSA) is 29.9 Å². The van der Waals surface area contributed by atoms with E-state index in [-0.39, 0.29) is 11.4 Å². The highest BCUT2D eigenvalue weighted by Gasteiger charge is 2.30. The highest BCUT2D eigenvalue weighted by Crippen LogP contribution is 2.31. The van der Waals surface area contributed by atoms with E-state index in [1.165, 1.54) is 0 Å². The number of halogens is 1. The van der Waals surface area contributed by atoms with Gasteiger partial charge in [0.1, 0.15) is 5.82 Å². The van der Waals surface area contributed by atoms with Gasteiger partial charge in [0.25, 0.3) is 0 Å². The van der Waals surface area contributed by atoms with Crippen molar-refractivity contribution >= 4 is 0 Å². The summed E-state index contributed by atoms with van der Waals surface area (Å²) in [5, 5.41) is 3.44. The molecular formula is C14H16FN3. The van der Waals surface area contributed by atoms with Gasteiger partial charge in [-0.3, -0.25) is 0 Å². The lowest BCUT2D eigenvalue weighted by atomic mass is 9.90. The molecule has 2 aromatic rings. The minimum absolute atomic E-state index is 0.0890. The molecule has 0 saturated carbocycles. The summed E-state index contributed by atoms with van der Waals surface area (Å²) in [6.07, 6.45) is 7.19. The Bertz CT molecular complexity index is 542. The number of benzene rings is 1. The molecule has 1 aromatic carbocycles. The van der Waals surface area contributed by atoms with Crippen LogP contribution in [-0.2, 0) is 5.54 Å². The Kier molecular flexibility index (Phi) is 2.67. The summed E-state index contributed by atoms with van der Waals surface area (Å²) >= 11 is 0. The first-order valence-corrected chi connectivity index (χ1v) is 6.22. The summed E-state index contributed by atoms with van der Waals surface area (Å²) in [6, 6.07) is 5.45. The first kappa shape index (κ1) is 11.4. The maximum atomic E-state index is 14.2. The van der Waals surface area contributed by atoms with Crippen molar-refractivity contribution in [2.24, 2.45) is 0 Å². The van der Waals surface area contributed by atoms with Crippen LogP contribution in [0.5, 0.6) is 0 Å². The van der Waals surface area contributed by atoms with E-state index < -0.39 is 0 Å². The maximum Gasteiger partial charge on any atom is 0.147 e. The first-order valence-electron chi connectivity index (χ1n) is 6.22. The van der Waals surface area contributed by atoms with Gasteiger partial charge in [-0.1, -0.05) is 6.07 Å². The second-order valence-corrected chi connectivity index (χ2v) is 5.00. The van der Waals surface area contributed by atoms with E-state index in [4.69, 9.17) is 0 Å². The Balaban J connectivity index is 1.99. The lowest BCUT2D eigenvalue weighted by molar-refractivity contribution is 0.431. The minimum atomic E-state index is -0.208. The normalized spacial score (nSPS) is 23.4.